The molecule has 0 aromatic heterocycles. The molecule has 0 N–H and O–H groups in total. The van der Waals surface area contributed by atoms with Crippen LogP contribution in [0.2, 0.25) is 0 Å². The molecule has 18 heteroatoms. The predicted octanol–water partition coefficient (Wildman–Crippen LogP) is 27.6. The lowest BCUT2D eigenvalue weighted by Gasteiger charge is -2.19. The van der Waals surface area contributed by atoms with Gasteiger partial charge in [0.1, 0.15) is 104 Å². The van der Waals surface area contributed by atoms with E-state index >= 15 is 0 Å². The summed E-state index contributed by atoms with van der Waals surface area (Å²) < 4.78 is 33.9. The van der Waals surface area contributed by atoms with Crippen molar-refractivity contribution in [2.45, 2.75) is 245 Å². The van der Waals surface area contributed by atoms with E-state index < -0.39 is 10.8 Å². The summed E-state index contributed by atoms with van der Waals surface area (Å²) in [4.78, 5) is 81.1. The van der Waals surface area contributed by atoms with Gasteiger partial charge in [-0.15, -0.1) is 0 Å². The Morgan fingerprint density at radius 1 is 0.226 bits per heavy atom. The molecule has 12 aromatic rings. The van der Waals surface area contributed by atoms with Gasteiger partial charge in [-0.25, -0.2) is 0 Å². The molecule has 0 bridgehead atoms. The van der Waals surface area contributed by atoms with Gasteiger partial charge in [0.25, 0.3) is 0 Å². The third-order valence-electron chi connectivity index (χ3n) is 26.3. The molecule has 0 radical (unpaired) electrons. The van der Waals surface area contributed by atoms with Gasteiger partial charge in [-0.2, -0.15) is 0 Å². The lowest BCUT2D eigenvalue weighted by Crippen LogP contribution is -2.25. The Hall–Kier alpha value is -8.88. The summed E-state index contributed by atoms with van der Waals surface area (Å²) in [5, 5.41) is 14.0. The SMILES string of the molecule is CC(C)(C)C(=O)Oc1ccc([S+]2CCCC2)c2ccccc12.CC(C)(C)C(=O)Oc1ccc([S+]2CCCCC2)c2ccccc12.CCC(=O)Oc1ccc([S+]2CCCC2)c2ccccc12.CCC(=O)Oc1ccc([S+]2CCCCC2)c2ccccc12.O=C(Oc1ccc([S+]2CCCC2)c2ccccc12)C1CCCC1.O=C(Oc1ccc([S+]2CCCCC2)c2ccccc12)C1CCCC1. The summed E-state index contributed by atoms with van der Waals surface area (Å²) in [6.07, 6.45) is 29.5. The van der Waals surface area contributed by atoms with Crippen LogP contribution in [0.25, 0.3) is 64.6 Å². The molecule has 0 atom stereocenters. The van der Waals surface area contributed by atoms with Crippen molar-refractivity contribution >= 4 is 166 Å². The molecule has 698 valence electrons. The van der Waals surface area contributed by atoms with Gasteiger partial charge in [-0.1, -0.05) is 149 Å². The zero-order valence-corrected chi connectivity index (χ0v) is 84.3. The van der Waals surface area contributed by atoms with Crippen LogP contribution in [0.1, 0.15) is 216 Å². The average molecular weight is 1900 g/mol. The van der Waals surface area contributed by atoms with Gasteiger partial charge in [-0.3, -0.25) is 28.8 Å². The molecule has 0 unspecified atom stereocenters. The van der Waals surface area contributed by atoms with E-state index in [4.69, 9.17) is 28.4 Å². The van der Waals surface area contributed by atoms with E-state index in [0.29, 0.717) is 101 Å². The molecular weight excluding hydrogens is 1770 g/mol. The first kappa shape index (κ1) is 98.6. The summed E-state index contributed by atoms with van der Waals surface area (Å²) in [5.74, 6) is 19.3. The topological polar surface area (TPSA) is 158 Å². The standard InChI is InChI=1S/C21H25O2S.C20H23O2S.C20H25O2S.C19H23O2S.C18H21O2S.C17H19O2S/c22-21(16-8-2-3-9-16)23-19-12-13-20(24-14-6-1-7-15-24)18-11-5-4-10-17(18)19;21-20(15-7-1-2-8-15)22-18-11-12-19(23-13-5-6-14-23)17-10-4-3-9-16(17)18;1-20(2,3)19(21)22-17-11-12-18(23-13-7-4-8-14-23)16-10-6-5-9-15(16)17;1-19(2,3)18(20)21-16-10-11-17(22-12-6-7-13-22)15-9-5-4-8-14(15)16;1-2-18(19)20-16-10-11-17(21-12-6-3-7-13-21)15-9-5-4-8-14(15)16;1-2-17(18)19-15-9-10-16(20-11-5-6-12-20)14-8-4-3-7-13(14)15/h4-5,10-13,16H,1-3,6-9,14-15H2;3-4,9-12,15H,1-2,5-8,13-14H2;5-6,9-12H,4,7-8,13-14H2,1-3H3;4-5,8-11H,6-7,12-13H2,1-3H3;4-5,8-11H,2-3,6-7,12-13H2,1H3;3-4,7-10H,2,5-6,11-12H2,1H3/q6*+1. The minimum absolute atomic E-state index is 0.0366. The Bertz CT molecular complexity index is 6000. The number of rotatable bonds is 16. The van der Waals surface area contributed by atoms with Crippen LogP contribution in [-0.2, 0) is 94.1 Å². The van der Waals surface area contributed by atoms with E-state index in [0.717, 1.165) is 95.2 Å². The van der Waals surface area contributed by atoms with Crippen molar-refractivity contribution in [3.8, 4) is 34.5 Å². The summed E-state index contributed by atoms with van der Waals surface area (Å²) >= 11 is 0. The molecule has 6 heterocycles. The summed E-state index contributed by atoms with van der Waals surface area (Å²) in [6, 6.07) is 75.1. The number of esters is 6. The van der Waals surface area contributed by atoms with E-state index in [1.807, 2.05) is 128 Å². The van der Waals surface area contributed by atoms with E-state index in [1.54, 1.807) is 0 Å². The lowest BCUT2D eigenvalue weighted by molar-refractivity contribution is -0.143. The number of carbonyl (C=O) groups is 6. The maximum atomic E-state index is 12.4. The number of benzene rings is 12. The van der Waals surface area contributed by atoms with Gasteiger partial charge in [-0.05, 0) is 273 Å². The Labute approximate surface area is 806 Å². The van der Waals surface area contributed by atoms with Gasteiger partial charge >= 0.3 is 35.8 Å². The Balaban J connectivity index is 0.000000122. The van der Waals surface area contributed by atoms with Gasteiger partial charge in [0.15, 0.2) is 29.4 Å². The second-order valence-corrected chi connectivity index (χ2v) is 51.5. The van der Waals surface area contributed by atoms with Crippen molar-refractivity contribution in [1.82, 2.24) is 0 Å². The van der Waals surface area contributed by atoms with Crippen LogP contribution in [-0.4, -0.2) is 105 Å². The van der Waals surface area contributed by atoms with Crippen LogP contribution >= 0.6 is 0 Å². The number of hydrogen-bond acceptors (Lipinski definition) is 12. The average Bonchev–Trinajstić information content (AvgIpc) is 1.78. The molecule has 6 saturated heterocycles. The fourth-order valence-corrected chi connectivity index (χ4v) is 33.9. The normalized spacial score (nSPS) is 17.3. The largest absolute Gasteiger partial charge is 0.426 e. The van der Waals surface area contributed by atoms with Gasteiger partial charge in [0, 0.05) is 143 Å². The van der Waals surface area contributed by atoms with Crippen LogP contribution < -0.4 is 28.4 Å². The van der Waals surface area contributed by atoms with Crippen molar-refractivity contribution in [2.75, 3.05) is 69.0 Å². The summed E-state index contributed by atoms with van der Waals surface area (Å²) in [6.45, 7) is 14.9. The minimum atomic E-state index is -0.495. The van der Waals surface area contributed by atoms with Gasteiger partial charge in [0.2, 0.25) is 0 Å². The maximum Gasteiger partial charge on any atom is 0.316 e. The van der Waals surface area contributed by atoms with Crippen molar-refractivity contribution in [2.24, 2.45) is 22.7 Å². The minimum Gasteiger partial charge on any atom is -0.426 e. The number of carbonyl (C=O) groups excluding carboxylic acids is 6. The highest BCUT2D eigenvalue weighted by atomic mass is 32.2. The molecular formula is C115H136O12S6+6. The van der Waals surface area contributed by atoms with E-state index in [9.17, 15) is 28.8 Å². The first-order valence-corrected chi connectivity index (χ1v) is 58.5. The van der Waals surface area contributed by atoms with E-state index in [-0.39, 0.29) is 47.7 Å². The van der Waals surface area contributed by atoms with Crippen molar-refractivity contribution in [3.05, 3.63) is 218 Å². The fourth-order valence-electron chi connectivity index (χ4n) is 18.9. The smallest absolute Gasteiger partial charge is 0.316 e. The molecule has 6 aliphatic heterocycles. The highest BCUT2D eigenvalue weighted by Gasteiger charge is 2.38. The van der Waals surface area contributed by atoms with Crippen molar-refractivity contribution in [1.29, 1.82) is 0 Å². The maximum absolute atomic E-state index is 12.4. The fraction of sp³-hybridized carbons (Fsp3) is 0.426. The van der Waals surface area contributed by atoms with Crippen LogP contribution in [0.4, 0.5) is 0 Å². The summed E-state index contributed by atoms with van der Waals surface area (Å²) in [5.41, 5.74) is -0.988. The van der Waals surface area contributed by atoms with Crippen LogP contribution in [0.3, 0.4) is 0 Å². The second-order valence-electron chi connectivity index (χ2n) is 38.1. The molecule has 8 aliphatic rings. The molecule has 12 nitrogen and oxygen atoms in total. The summed E-state index contributed by atoms with van der Waals surface area (Å²) in [7, 11) is 2.15. The predicted molar refractivity (Wildman–Crippen MR) is 562 cm³/mol. The Morgan fingerprint density at radius 3 is 0.586 bits per heavy atom. The number of fused-ring (bicyclic) bond motifs is 6. The molecule has 2 saturated carbocycles. The molecule has 8 fully saturated rings. The van der Waals surface area contributed by atoms with E-state index in [2.05, 4.69) is 146 Å². The first-order chi connectivity index (χ1) is 64.7. The molecule has 133 heavy (non-hydrogen) atoms. The third kappa shape index (κ3) is 25.5. The Morgan fingerprint density at radius 2 is 0.398 bits per heavy atom. The van der Waals surface area contributed by atoms with E-state index in [1.165, 1.54) is 227 Å². The van der Waals surface area contributed by atoms with Crippen molar-refractivity contribution < 1.29 is 57.2 Å². The zero-order chi connectivity index (χ0) is 92.8. The molecule has 2 aliphatic carbocycles. The molecule has 20 rings (SSSR count). The lowest BCUT2D eigenvalue weighted by atomic mass is 9.97. The molecule has 0 spiro atoms. The Kier molecular flexibility index (Phi) is 35.4. The highest BCUT2D eigenvalue weighted by Crippen LogP contribution is 2.44. The van der Waals surface area contributed by atoms with Gasteiger partial charge < -0.3 is 28.4 Å². The monoisotopic (exact) mass is 1900 g/mol. The number of ether oxygens (including phenoxy) is 6. The molecule has 0 amide bonds. The quantitative estimate of drug-likeness (QED) is 0.0513. The van der Waals surface area contributed by atoms with Crippen LogP contribution in [0, 0.1) is 22.7 Å². The molecule has 12 aromatic carbocycles. The number of hydrogen-bond donors (Lipinski definition) is 0. The highest BCUT2D eigenvalue weighted by molar-refractivity contribution is 7.98. The first-order valence-electron chi connectivity index (χ1n) is 49.1. The van der Waals surface area contributed by atoms with Crippen LogP contribution in [0.15, 0.2) is 248 Å². The third-order valence-corrected chi connectivity index (χ3v) is 41.6. The van der Waals surface area contributed by atoms with Gasteiger partial charge in [0.05, 0.1) is 22.7 Å². The zero-order valence-electron chi connectivity index (χ0n) is 79.5. The van der Waals surface area contributed by atoms with Crippen molar-refractivity contribution in [3.63, 3.8) is 0 Å². The second kappa shape index (κ2) is 47.7. The van der Waals surface area contributed by atoms with Crippen LogP contribution in [0.5, 0.6) is 34.5 Å².